The molecule has 1 amide bonds. The van der Waals surface area contributed by atoms with Crippen LogP contribution in [0.1, 0.15) is 6.42 Å². The van der Waals surface area contributed by atoms with E-state index in [4.69, 9.17) is 4.74 Å². The lowest BCUT2D eigenvalue weighted by Gasteiger charge is -2.05. The van der Waals surface area contributed by atoms with E-state index in [2.05, 4.69) is 10.6 Å². The molecule has 0 aromatic rings. The molecule has 0 fully saturated rings. The highest BCUT2D eigenvalue weighted by molar-refractivity contribution is 5.75. The second-order valence-corrected chi connectivity index (χ2v) is 2.69. The number of halogens is 2. The third kappa shape index (κ3) is 9.34. The van der Waals surface area contributed by atoms with Crippen LogP contribution in [0.4, 0.5) is 8.78 Å². The van der Waals surface area contributed by atoms with E-state index >= 15 is 0 Å². The second-order valence-electron chi connectivity index (χ2n) is 2.69. The fraction of sp³-hybridized carbons (Fsp3) is 0.875. The van der Waals surface area contributed by atoms with Crippen molar-refractivity contribution in [3.63, 3.8) is 0 Å². The van der Waals surface area contributed by atoms with Crippen molar-refractivity contribution < 1.29 is 18.3 Å². The smallest absolute Gasteiger partial charge is 0.250 e. The molecule has 0 aliphatic heterocycles. The average Bonchev–Trinajstić information content (AvgIpc) is 2.13. The molecule has 0 saturated carbocycles. The van der Waals surface area contributed by atoms with E-state index in [1.54, 1.807) is 0 Å². The van der Waals surface area contributed by atoms with Crippen molar-refractivity contribution >= 4 is 5.91 Å². The number of rotatable bonds is 8. The van der Waals surface area contributed by atoms with Gasteiger partial charge in [0.25, 0.3) is 6.43 Å². The van der Waals surface area contributed by atoms with E-state index in [1.165, 1.54) is 7.11 Å². The standard InChI is InChI=1S/C8H16F2N2O2/c1-14-5-4-12-8(13)2-3-11-6-7(9)10/h7,11H,2-6H2,1H3,(H,12,13). The van der Waals surface area contributed by atoms with Crippen LogP contribution in [0.5, 0.6) is 0 Å². The number of amides is 1. The zero-order valence-corrected chi connectivity index (χ0v) is 8.19. The summed E-state index contributed by atoms with van der Waals surface area (Å²) in [6.45, 7) is 0.800. The van der Waals surface area contributed by atoms with Gasteiger partial charge in [-0.3, -0.25) is 4.79 Å². The van der Waals surface area contributed by atoms with Crippen LogP contribution < -0.4 is 10.6 Å². The molecule has 0 saturated heterocycles. The third-order valence-electron chi connectivity index (χ3n) is 1.46. The Morgan fingerprint density at radius 2 is 2.14 bits per heavy atom. The average molecular weight is 210 g/mol. The Kier molecular flexibility index (Phi) is 8.36. The van der Waals surface area contributed by atoms with E-state index in [-0.39, 0.29) is 25.4 Å². The molecular formula is C8H16F2N2O2. The van der Waals surface area contributed by atoms with Gasteiger partial charge >= 0.3 is 0 Å². The summed E-state index contributed by atoms with van der Waals surface area (Å²) in [6.07, 6.45) is -2.16. The molecule has 0 aliphatic carbocycles. The Hall–Kier alpha value is -0.750. The molecule has 0 heterocycles. The summed E-state index contributed by atoms with van der Waals surface area (Å²) in [7, 11) is 1.54. The van der Waals surface area contributed by atoms with Crippen LogP contribution >= 0.6 is 0 Å². The number of hydrogen-bond acceptors (Lipinski definition) is 3. The van der Waals surface area contributed by atoms with Gasteiger partial charge < -0.3 is 15.4 Å². The second kappa shape index (κ2) is 8.83. The first-order chi connectivity index (χ1) is 6.66. The van der Waals surface area contributed by atoms with Gasteiger partial charge in [-0.25, -0.2) is 8.78 Å². The first-order valence-corrected chi connectivity index (χ1v) is 4.41. The highest BCUT2D eigenvalue weighted by Crippen LogP contribution is 1.87. The monoisotopic (exact) mass is 210 g/mol. The number of carbonyl (C=O) groups excluding carboxylic acids is 1. The normalized spacial score (nSPS) is 10.6. The molecule has 0 bridgehead atoms. The zero-order valence-electron chi connectivity index (χ0n) is 8.19. The van der Waals surface area contributed by atoms with Gasteiger partial charge in [-0.1, -0.05) is 0 Å². The third-order valence-corrected chi connectivity index (χ3v) is 1.46. The maximum Gasteiger partial charge on any atom is 0.250 e. The molecule has 84 valence electrons. The fourth-order valence-electron chi connectivity index (χ4n) is 0.794. The van der Waals surface area contributed by atoms with Gasteiger partial charge in [0, 0.05) is 26.6 Å². The fourth-order valence-corrected chi connectivity index (χ4v) is 0.794. The van der Waals surface area contributed by atoms with Crippen LogP contribution in [0.15, 0.2) is 0 Å². The predicted octanol–water partition coefficient (Wildman–Crippen LogP) is -0.00620. The predicted molar refractivity (Wildman–Crippen MR) is 48.4 cm³/mol. The minimum atomic E-state index is -2.37. The van der Waals surface area contributed by atoms with Gasteiger partial charge in [-0.15, -0.1) is 0 Å². The first kappa shape index (κ1) is 13.2. The largest absolute Gasteiger partial charge is 0.383 e. The molecule has 0 unspecified atom stereocenters. The lowest BCUT2D eigenvalue weighted by molar-refractivity contribution is -0.121. The summed E-state index contributed by atoms with van der Waals surface area (Å²) < 4.78 is 28.0. The summed E-state index contributed by atoms with van der Waals surface area (Å²) in [5.74, 6) is -0.163. The number of nitrogens with one attached hydrogen (secondary N) is 2. The van der Waals surface area contributed by atoms with Crippen LogP contribution in [-0.2, 0) is 9.53 Å². The molecule has 0 aromatic heterocycles. The molecule has 6 heteroatoms. The van der Waals surface area contributed by atoms with Crippen LogP contribution in [0.3, 0.4) is 0 Å². The molecular weight excluding hydrogens is 194 g/mol. The van der Waals surface area contributed by atoms with Crippen LogP contribution in [0.25, 0.3) is 0 Å². The number of carbonyl (C=O) groups is 1. The van der Waals surface area contributed by atoms with Gasteiger partial charge in [0.1, 0.15) is 0 Å². The van der Waals surface area contributed by atoms with Gasteiger partial charge in [-0.05, 0) is 0 Å². The number of hydrogen-bond donors (Lipinski definition) is 2. The molecule has 0 atom stereocenters. The van der Waals surface area contributed by atoms with E-state index in [0.717, 1.165) is 0 Å². The summed E-state index contributed by atoms with van der Waals surface area (Å²) >= 11 is 0. The van der Waals surface area contributed by atoms with Gasteiger partial charge in [0.05, 0.1) is 13.2 Å². The van der Waals surface area contributed by atoms with Crippen molar-refractivity contribution in [2.24, 2.45) is 0 Å². The maximum atomic E-state index is 11.6. The molecule has 0 rings (SSSR count). The topological polar surface area (TPSA) is 50.4 Å². The Bertz CT molecular complexity index is 156. The van der Waals surface area contributed by atoms with E-state index in [0.29, 0.717) is 13.2 Å². The minimum Gasteiger partial charge on any atom is -0.383 e. The minimum absolute atomic E-state index is 0.163. The van der Waals surface area contributed by atoms with Crippen molar-refractivity contribution in [1.29, 1.82) is 0 Å². The van der Waals surface area contributed by atoms with E-state index in [9.17, 15) is 13.6 Å². The van der Waals surface area contributed by atoms with Crippen molar-refractivity contribution in [2.45, 2.75) is 12.8 Å². The summed E-state index contributed by atoms with van der Waals surface area (Å²) in [5, 5.41) is 5.04. The van der Waals surface area contributed by atoms with Gasteiger partial charge in [0.15, 0.2) is 0 Å². The van der Waals surface area contributed by atoms with Crippen molar-refractivity contribution in [3.8, 4) is 0 Å². The SMILES string of the molecule is COCCNC(=O)CCNCC(F)F. The number of ether oxygens (including phenoxy) is 1. The van der Waals surface area contributed by atoms with Crippen LogP contribution in [0.2, 0.25) is 0 Å². The van der Waals surface area contributed by atoms with E-state index in [1.807, 2.05) is 0 Å². The summed E-state index contributed by atoms with van der Waals surface area (Å²) in [4.78, 5) is 11.0. The van der Waals surface area contributed by atoms with Gasteiger partial charge in [-0.2, -0.15) is 0 Å². The molecule has 0 radical (unpaired) electrons. The Labute approximate surface area is 82.0 Å². The summed E-state index contributed by atoms with van der Waals surface area (Å²) in [5.41, 5.74) is 0. The van der Waals surface area contributed by atoms with Crippen molar-refractivity contribution in [3.05, 3.63) is 0 Å². The quantitative estimate of drug-likeness (QED) is 0.554. The molecule has 0 aliphatic rings. The van der Waals surface area contributed by atoms with Crippen LogP contribution in [-0.4, -0.2) is 45.7 Å². The molecule has 4 nitrogen and oxygen atoms in total. The summed E-state index contributed by atoms with van der Waals surface area (Å²) in [6, 6.07) is 0. The Morgan fingerprint density at radius 1 is 1.43 bits per heavy atom. The van der Waals surface area contributed by atoms with Gasteiger partial charge in [0.2, 0.25) is 5.91 Å². The van der Waals surface area contributed by atoms with Crippen LogP contribution in [0, 0.1) is 0 Å². The number of alkyl halides is 2. The highest BCUT2D eigenvalue weighted by atomic mass is 19.3. The lowest BCUT2D eigenvalue weighted by Crippen LogP contribution is -2.31. The number of methoxy groups -OCH3 is 1. The lowest BCUT2D eigenvalue weighted by atomic mass is 10.4. The van der Waals surface area contributed by atoms with E-state index < -0.39 is 6.43 Å². The molecule has 0 aromatic carbocycles. The first-order valence-electron chi connectivity index (χ1n) is 4.41. The van der Waals surface area contributed by atoms with Crippen molar-refractivity contribution in [2.75, 3.05) is 33.4 Å². The molecule has 2 N–H and O–H groups in total. The maximum absolute atomic E-state index is 11.6. The van der Waals surface area contributed by atoms with Crippen molar-refractivity contribution in [1.82, 2.24) is 10.6 Å². The Balaban J connectivity index is 3.18. The molecule has 0 spiro atoms. The molecule has 14 heavy (non-hydrogen) atoms. The zero-order chi connectivity index (χ0) is 10.8. The highest BCUT2D eigenvalue weighted by Gasteiger charge is 2.02. The Morgan fingerprint density at radius 3 is 2.71 bits per heavy atom.